The molecule has 10 rings (SSSR count). The number of aryl methyl sites for hydroxylation is 2. The molecule has 2 aliphatic heterocycles. The first kappa shape index (κ1) is 28.4. The quantitative estimate of drug-likeness (QED) is 0.131. The van der Waals surface area contributed by atoms with Crippen LogP contribution in [0.5, 0.6) is 23.0 Å². The topological polar surface area (TPSA) is 44.2 Å². The van der Waals surface area contributed by atoms with Crippen LogP contribution in [0.2, 0.25) is 0 Å². The van der Waals surface area contributed by atoms with Gasteiger partial charge in [-0.2, -0.15) is 0 Å². The number of aromatic nitrogens is 2. The molecule has 8 aromatic rings. The number of rotatable bonds is 4. The Morgan fingerprint density at radius 1 is 0.593 bits per heavy atom. The molecular formula is C48H33BIrN2O2-2. The van der Waals surface area contributed by atoms with Gasteiger partial charge in [-0.3, -0.25) is 0 Å². The number of pyridine rings is 2. The van der Waals surface area contributed by atoms with Crippen molar-refractivity contribution in [2.24, 2.45) is 0 Å². The van der Waals surface area contributed by atoms with Gasteiger partial charge in [-0.25, -0.2) is 0 Å². The number of ether oxygens (including phenoxy) is 2. The first-order valence-electron chi connectivity index (χ1n) is 20.3. The second-order valence-electron chi connectivity index (χ2n) is 12.8. The zero-order valence-electron chi connectivity index (χ0n) is 34.7. The molecule has 0 spiro atoms. The number of fused-ring (bicyclic) bond motifs is 4. The van der Waals surface area contributed by atoms with Crippen molar-refractivity contribution in [3.8, 4) is 67.8 Å². The smallest absolute Gasteiger partial charge is 0.239 e. The number of hydrogen-bond acceptors (Lipinski definition) is 4. The van der Waals surface area contributed by atoms with E-state index in [1.807, 2.05) is 91.1 Å². The fourth-order valence-electron chi connectivity index (χ4n) is 6.93. The van der Waals surface area contributed by atoms with Crippen molar-refractivity contribution in [1.82, 2.24) is 9.97 Å². The maximum absolute atomic E-state index is 7.76. The van der Waals surface area contributed by atoms with Gasteiger partial charge in [0.15, 0.2) is 0 Å². The molecule has 0 N–H and O–H groups in total. The van der Waals surface area contributed by atoms with Crippen LogP contribution in [0.4, 0.5) is 0 Å². The second kappa shape index (κ2) is 15.1. The number of nitrogens with zero attached hydrogens (tertiary/aromatic N) is 2. The molecule has 0 unspecified atom stereocenters. The molecule has 0 aliphatic carbocycles. The van der Waals surface area contributed by atoms with Crippen molar-refractivity contribution < 1.29 is 37.8 Å². The maximum Gasteiger partial charge on any atom is 0.239 e. The summed E-state index contributed by atoms with van der Waals surface area (Å²) in [5.74, 6) is 3.29. The van der Waals surface area contributed by atoms with E-state index in [2.05, 4.69) is 59.6 Å². The molecule has 0 atom stereocenters. The van der Waals surface area contributed by atoms with Crippen LogP contribution < -0.4 is 25.9 Å². The summed E-state index contributed by atoms with van der Waals surface area (Å²) in [5.41, 5.74) is 10.1. The minimum Gasteiger partial charge on any atom is -0.503 e. The predicted molar refractivity (Wildman–Crippen MR) is 215 cm³/mol. The molecule has 2 aromatic heterocycles. The zero-order valence-corrected chi connectivity index (χ0v) is 31.1. The molecule has 0 bridgehead atoms. The summed E-state index contributed by atoms with van der Waals surface area (Å²) >= 11 is 0. The summed E-state index contributed by atoms with van der Waals surface area (Å²) in [5, 5.41) is 0. The summed E-state index contributed by atoms with van der Waals surface area (Å²) in [4.78, 5) is 8.95. The fourth-order valence-corrected chi connectivity index (χ4v) is 6.93. The van der Waals surface area contributed by atoms with E-state index in [1.54, 1.807) is 12.1 Å². The van der Waals surface area contributed by atoms with Crippen LogP contribution in [0, 0.1) is 25.8 Å². The first-order chi connectivity index (χ1) is 28.5. The van der Waals surface area contributed by atoms with E-state index in [4.69, 9.17) is 22.7 Å². The third-order valence-corrected chi connectivity index (χ3v) is 9.47. The van der Waals surface area contributed by atoms with Gasteiger partial charge in [-0.1, -0.05) is 127 Å². The van der Waals surface area contributed by atoms with E-state index in [9.17, 15) is 0 Å². The minimum atomic E-state index is -2.29. The Morgan fingerprint density at radius 3 is 2.00 bits per heavy atom. The summed E-state index contributed by atoms with van der Waals surface area (Å²) in [6.45, 7) is -4.44. The molecule has 4 heterocycles. The molecule has 6 aromatic carbocycles. The number of hydrogen-bond donors (Lipinski definition) is 0. The summed E-state index contributed by atoms with van der Waals surface area (Å²) in [6, 6.07) is 54.7. The van der Waals surface area contributed by atoms with Gasteiger partial charge in [0.1, 0.15) is 11.5 Å². The molecule has 1 radical (unpaired) electrons. The van der Waals surface area contributed by atoms with Crippen molar-refractivity contribution in [3.05, 3.63) is 187 Å². The number of benzene rings is 6. The Hall–Kier alpha value is -6.07. The Bertz CT molecular complexity index is 2810. The van der Waals surface area contributed by atoms with Gasteiger partial charge in [-0.05, 0) is 75.2 Å². The van der Waals surface area contributed by atoms with Crippen molar-refractivity contribution in [2.75, 3.05) is 0 Å². The summed E-state index contributed by atoms with van der Waals surface area (Å²) in [6.07, 6.45) is 3.20. The molecule has 0 saturated carbocycles. The van der Waals surface area contributed by atoms with Gasteiger partial charge < -0.3 is 19.4 Å². The molecule has 261 valence electrons. The largest absolute Gasteiger partial charge is 0.503 e. The van der Waals surface area contributed by atoms with Crippen LogP contribution in [0.25, 0.3) is 44.8 Å². The van der Waals surface area contributed by atoms with E-state index in [0.717, 1.165) is 67.3 Å². The van der Waals surface area contributed by atoms with Crippen LogP contribution in [-0.2, 0) is 20.1 Å². The van der Waals surface area contributed by atoms with Gasteiger partial charge in [0.05, 0.1) is 0 Å². The van der Waals surface area contributed by atoms with E-state index >= 15 is 0 Å². The van der Waals surface area contributed by atoms with Crippen LogP contribution in [-0.4, -0.2) is 16.7 Å². The van der Waals surface area contributed by atoms with Crippen molar-refractivity contribution in [1.29, 1.82) is 0 Å². The first-order valence-corrected chi connectivity index (χ1v) is 17.3. The summed E-state index contributed by atoms with van der Waals surface area (Å²) in [7, 11) is 0. The van der Waals surface area contributed by atoms with E-state index in [1.165, 1.54) is 18.3 Å². The maximum atomic E-state index is 7.76. The second-order valence-corrected chi connectivity index (χ2v) is 12.8. The Kier molecular flexibility index (Phi) is 7.96. The van der Waals surface area contributed by atoms with Gasteiger partial charge in [-0.15, -0.1) is 47.5 Å². The number of para-hydroxylation sites is 2. The van der Waals surface area contributed by atoms with Gasteiger partial charge >= 0.3 is 0 Å². The third-order valence-electron chi connectivity index (χ3n) is 9.47. The monoisotopic (exact) mass is 879 g/mol. The minimum absolute atomic E-state index is 0. The van der Waals surface area contributed by atoms with E-state index in [-0.39, 0.29) is 37.9 Å². The van der Waals surface area contributed by atoms with Crippen LogP contribution in [0.15, 0.2) is 164 Å². The van der Waals surface area contributed by atoms with Crippen LogP contribution in [0.3, 0.4) is 0 Å². The van der Waals surface area contributed by atoms with E-state index < -0.39 is 13.7 Å². The molecule has 0 amide bonds. The van der Waals surface area contributed by atoms with Crippen molar-refractivity contribution in [3.63, 3.8) is 0 Å². The van der Waals surface area contributed by atoms with Crippen molar-refractivity contribution >= 4 is 23.1 Å². The molecule has 0 fully saturated rings. The average molecular weight is 879 g/mol. The Balaban J connectivity index is 0.000000169. The molecule has 54 heavy (non-hydrogen) atoms. The van der Waals surface area contributed by atoms with Gasteiger partial charge in [0.25, 0.3) is 0 Å². The van der Waals surface area contributed by atoms with Gasteiger partial charge in [0.2, 0.25) is 6.71 Å². The van der Waals surface area contributed by atoms with Crippen LogP contribution in [0.1, 0.15) is 19.4 Å². The normalized spacial score (nSPS) is 13.7. The van der Waals surface area contributed by atoms with Crippen LogP contribution >= 0.6 is 0 Å². The molecule has 6 heteroatoms. The van der Waals surface area contributed by atoms with E-state index in [0.29, 0.717) is 16.8 Å². The average Bonchev–Trinajstić information content (AvgIpc) is 3.26. The molecule has 2 aliphatic rings. The van der Waals surface area contributed by atoms with Gasteiger partial charge in [0, 0.05) is 52.2 Å². The Labute approximate surface area is 338 Å². The molecule has 4 nitrogen and oxygen atoms in total. The zero-order chi connectivity index (χ0) is 40.7. The predicted octanol–water partition coefficient (Wildman–Crippen LogP) is 9.77. The SMILES string of the molecule is [2H]C([2H])([2H])c1c[c-]c(-c2cc(-c3ccccc3)c(C([2H])([2H])[2H])cn2)cc1.[Ir].[c-]1cc2c3c(c1-c1cc(-c4ccccc4)ccn1)Oc1ccccc1B3c1ccccc1O2. The van der Waals surface area contributed by atoms with Crippen molar-refractivity contribution in [2.45, 2.75) is 13.7 Å². The molecule has 0 saturated heterocycles. The Morgan fingerprint density at radius 2 is 1.30 bits per heavy atom. The summed E-state index contributed by atoms with van der Waals surface area (Å²) < 4.78 is 58.4. The molecular weight excluding hydrogens is 840 g/mol. The standard InChI is InChI=1S/C29H17BNO2.C19H16N.Ir/c1-2-8-19(9-3-1)20-16-17-31-24(18-20)21-14-15-27-28-29(21)33-26-13-7-5-11-23(26)30(28)22-10-4-6-12-25(22)32-27;1-14-8-10-17(11-9-14)19-12-18(15(2)13-20-19)16-6-4-3-5-7-16;/h1-13,15-18H;3-10,12-13H,1-2H3;/q2*-1;/i;1D3,2D3;. The third kappa shape index (κ3) is 6.67. The fraction of sp³-hybridized carbons (Fsp3) is 0.0417.